The summed E-state index contributed by atoms with van der Waals surface area (Å²) in [6, 6.07) is 5.69. The number of aromatic nitrogens is 2. The van der Waals surface area contributed by atoms with E-state index in [0.717, 1.165) is 23.0 Å². The molecule has 32 heavy (non-hydrogen) atoms. The van der Waals surface area contributed by atoms with Gasteiger partial charge in [-0.05, 0) is 35.9 Å². The zero-order valence-electron chi connectivity index (χ0n) is 17.0. The van der Waals surface area contributed by atoms with Crippen LogP contribution in [0.5, 0.6) is 0 Å². The number of pyridine rings is 2. The third-order valence-electron chi connectivity index (χ3n) is 5.22. The Morgan fingerprint density at radius 3 is 2.72 bits per heavy atom. The minimum atomic E-state index is -4.55. The van der Waals surface area contributed by atoms with Crippen LogP contribution >= 0.6 is 0 Å². The van der Waals surface area contributed by atoms with Crippen molar-refractivity contribution in [3.63, 3.8) is 0 Å². The number of aliphatic imine (C=N–C) groups is 1. The predicted molar refractivity (Wildman–Crippen MR) is 109 cm³/mol. The fraction of sp³-hybridized carbons (Fsp3) is 0.261. The summed E-state index contributed by atoms with van der Waals surface area (Å²) < 4.78 is 63.6. The molecule has 0 saturated heterocycles. The molecule has 2 aliphatic rings. The standard InChI is InChI=1S/C23H19F4N3O2/c1-31-20-10-17(32-13-15-3-2-8-28-22(15)23(25,26)27)5-6-18(20)16-9-19(29-12-16)14-4-7-21(24)30-11-14/h2-8,10-12,18,20H,9,13H2,1H3. The van der Waals surface area contributed by atoms with Gasteiger partial charge in [0.15, 0.2) is 5.69 Å². The second kappa shape index (κ2) is 9.04. The van der Waals surface area contributed by atoms with E-state index in [0.29, 0.717) is 12.2 Å². The third-order valence-corrected chi connectivity index (χ3v) is 5.22. The molecule has 0 amide bonds. The molecule has 0 aromatic carbocycles. The highest BCUT2D eigenvalue weighted by molar-refractivity contribution is 6.03. The lowest BCUT2D eigenvalue weighted by Crippen LogP contribution is -2.24. The summed E-state index contributed by atoms with van der Waals surface area (Å²) in [6.07, 6.45) is 5.24. The minimum absolute atomic E-state index is 0.0464. The Morgan fingerprint density at radius 2 is 2.00 bits per heavy atom. The van der Waals surface area contributed by atoms with Gasteiger partial charge in [-0.15, -0.1) is 0 Å². The van der Waals surface area contributed by atoms with Crippen molar-refractivity contribution in [2.24, 2.45) is 10.9 Å². The van der Waals surface area contributed by atoms with Crippen LogP contribution in [0.25, 0.3) is 0 Å². The summed E-state index contributed by atoms with van der Waals surface area (Å²) in [5.74, 6) is -0.264. The van der Waals surface area contributed by atoms with E-state index in [-0.39, 0.29) is 24.2 Å². The third kappa shape index (κ3) is 4.77. The monoisotopic (exact) mass is 445 g/mol. The van der Waals surface area contributed by atoms with Crippen molar-refractivity contribution in [1.29, 1.82) is 0 Å². The average Bonchev–Trinajstić information content (AvgIpc) is 3.27. The second-order valence-electron chi connectivity index (χ2n) is 7.28. The quantitative estimate of drug-likeness (QED) is 0.463. The molecule has 0 saturated carbocycles. The molecule has 0 radical (unpaired) electrons. The van der Waals surface area contributed by atoms with Gasteiger partial charge < -0.3 is 9.47 Å². The van der Waals surface area contributed by atoms with Crippen LogP contribution in [0.4, 0.5) is 17.6 Å². The summed E-state index contributed by atoms with van der Waals surface area (Å²) in [5, 5.41) is 0. The molecular formula is C23H19F4N3O2. The SMILES string of the molecule is COC1C=C(OCc2cccnc2C(F)(F)F)C=CC1C1=CN=C(c2ccc(F)nc2)C1. The number of methoxy groups -OCH3 is 1. The van der Waals surface area contributed by atoms with E-state index in [4.69, 9.17) is 9.47 Å². The summed E-state index contributed by atoms with van der Waals surface area (Å²) in [4.78, 5) is 11.5. The van der Waals surface area contributed by atoms with Gasteiger partial charge in [0.05, 0.1) is 11.8 Å². The van der Waals surface area contributed by atoms with Crippen molar-refractivity contribution in [3.05, 3.63) is 95.2 Å². The number of ether oxygens (including phenoxy) is 2. The van der Waals surface area contributed by atoms with E-state index in [2.05, 4.69) is 15.0 Å². The molecule has 2 atom stereocenters. The Balaban J connectivity index is 1.41. The molecule has 1 aliphatic carbocycles. The lowest BCUT2D eigenvalue weighted by Gasteiger charge is -2.26. The first-order valence-corrected chi connectivity index (χ1v) is 9.79. The van der Waals surface area contributed by atoms with Gasteiger partial charge in [0.2, 0.25) is 5.95 Å². The lowest BCUT2D eigenvalue weighted by molar-refractivity contribution is -0.142. The van der Waals surface area contributed by atoms with E-state index >= 15 is 0 Å². The normalized spacial score (nSPS) is 20.6. The number of allylic oxidation sites excluding steroid dienone is 1. The molecule has 2 unspecified atom stereocenters. The van der Waals surface area contributed by atoms with Gasteiger partial charge in [-0.3, -0.25) is 9.98 Å². The van der Waals surface area contributed by atoms with Gasteiger partial charge in [-0.2, -0.15) is 17.6 Å². The maximum atomic E-state index is 13.1. The molecule has 9 heteroatoms. The van der Waals surface area contributed by atoms with Crippen LogP contribution in [0.15, 0.2) is 77.4 Å². The van der Waals surface area contributed by atoms with Gasteiger partial charge in [0, 0.05) is 49.2 Å². The maximum Gasteiger partial charge on any atom is 0.433 e. The van der Waals surface area contributed by atoms with Crippen molar-refractivity contribution in [2.75, 3.05) is 7.11 Å². The first kappa shape index (κ1) is 21.9. The molecule has 2 aromatic heterocycles. The van der Waals surface area contributed by atoms with E-state index in [1.54, 1.807) is 31.5 Å². The van der Waals surface area contributed by atoms with Crippen molar-refractivity contribution >= 4 is 5.71 Å². The van der Waals surface area contributed by atoms with Crippen LogP contribution in [-0.4, -0.2) is 28.9 Å². The Hall–Kier alpha value is -3.33. The van der Waals surface area contributed by atoms with E-state index < -0.39 is 17.8 Å². The zero-order chi connectivity index (χ0) is 22.7. The lowest BCUT2D eigenvalue weighted by atomic mass is 9.87. The van der Waals surface area contributed by atoms with Crippen LogP contribution in [0, 0.1) is 11.9 Å². The first-order chi connectivity index (χ1) is 15.3. The summed E-state index contributed by atoms with van der Waals surface area (Å²) >= 11 is 0. The highest BCUT2D eigenvalue weighted by Crippen LogP contribution is 2.33. The predicted octanol–water partition coefficient (Wildman–Crippen LogP) is 5.01. The molecule has 0 N–H and O–H groups in total. The molecule has 0 fully saturated rings. The molecule has 166 valence electrons. The van der Waals surface area contributed by atoms with Gasteiger partial charge in [-0.25, -0.2) is 4.98 Å². The summed E-state index contributed by atoms with van der Waals surface area (Å²) in [5.41, 5.74) is 1.50. The van der Waals surface area contributed by atoms with Crippen molar-refractivity contribution in [2.45, 2.75) is 25.3 Å². The van der Waals surface area contributed by atoms with Gasteiger partial charge in [-0.1, -0.05) is 12.1 Å². The number of halogens is 4. The van der Waals surface area contributed by atoms with E-state index in [1.807, 2.05) is 6.08 Å². The molecule has 4 rings (SSSR count). The second-order valence-corrected chi connectivity index (χ2v) is 7.28. The molecule has 5 nitrogen and oxygen atoms in total. The topological polar surface area (TPSA) is 56.6 Å². The fourth-order valence-corrected chi connectivity index (χ4v) is 3.62. The molecular weight excluding hydrogens is 426 g/mol. The number of hydrogen-bond acceptors (Lipinski definition) is 5. The van der Waals surface area contributed by atoms with Gasteiger partial charge in [0.1, 0.15) is 12.4 Å². The van der Waals surface area contributed by atoms with Crippen molar-refractivity contribution < 1.29 is 27.0 Å². The number of nitrogens with zero attached hydrogens (tertiary/aromatic N) is 3. The van der Waals surface area contributed by atoms with Crippen LogP contribution in [0.1, 0.15) is 23.2 Å². The van der Waals surface area contributed by atoms with E-state index in [9.17, 15) is 17.6 Å². The summed E-state index contributed by atoms with van der Waals surface area (Å²) in [7, 11) is 1.55. The summed E-state index contributed by atoms with van der Waals surface area (Å²) in [6.45, 7) is -0.270. The van der Waals surface area contributed by atoms with Crippen LogP contribution < -0.4 is 0 Å². The highest BCUT2D eigenvalue weighted by Gasteiger charge is 2.35. The van der Waals surface area contributed by atoms with Crippen molar-refractivity contribution in [3.8, 4) is 0 Å². The minimum Gasteiger partial charge on any atom is -0.489 e. The molecule has 3 heterocycles. The number of hydrogen-bond donors (Lipinski definition) is 0. The Bertz CT molecular complexity index is 1100. The zero-order valence-corrected chi connectivity index (χ0v) is 17.0. The first-order valence-electron chi connectivity index (χ1n) is 9.79. The molecule has 0 bridgehead atoms. The smallest absolute Gasteiger partial charge is 0.433 e. The Kier molecular flexibility index (Phi) is 6.18. The average molecular weight is 445 g/mol. The maximum absolute atomic E-state index is 13.1. The van der Waals surface area contributed by atoms with Gasteiger partial charge in [0.25, 0.3) is 0 Å². The Morgan fingerprint density at radius 1 is 1.16 bits per heavy atom. The number of alkyl halides is 3. The largest absolute Gasteiger partial charge is 0.489 e. The highest BCUT2D eigenvalue weighted by atomic mass is 19.4. The van der Waals surface area contributed by atoms with Gasteiger partial charge >= 0.3 is 6.18 Å². The fourth-order valence-electron chi connectivity index (χ4n) is 3.62. The molecule has 2 aromatic rings. The number of rotatable bonds is 6. The Labute approximate surface area is 181 Å². The molecule has 1 aliphatic heterocycles. The van der Waals surface area contributed by atoms with E-state index in [1.165, 1.54) is 24.4 Å². The van der Waals surface area contributed by atoms with Crippen LogP contribution in [0.3, 0.4) is 0 Å². The molecule has 0 spiro atoms. The van der Waals surface area contributed by atoms with Crippen LogP contribution in [0.2, 0.25) is 0 Å². The van der Waals surface area contributed by atoms with Crippen LogP contribution in [-0.2, 0) is 22.3 Å². The van der Waals surface area contributed by atoms with Crippen molar-refractivity contribution in [1.82, 2.24) is 9.97 Å².